The Bertz CT molecular complexity index is 693. The van der Waals surface area contributed by atoms with Crippen LogP contribution in [0, 0.1) is 4.91 Å². The topological polar surface area (TPSA) is 88.3 Å². The number of nitroso groups, excluding NO2 is 1. The average molecular weight is 284 g/mol. The zero-order valence-electron chi connectivity index (χ0n) is 11.2. The van der Waals surface area contributed by atoms with E-state index in [-0.39, 0.29) is 11.4 Å². The molecule has 2 aromatic carbocycles. The standard InChI is InChI=1S/C15H12N2O4/c1-21-15(19)10-2-4-12(5-3-10)16-9-11-8-13(17-20)6-7-14(11)18/h2-9,18H,1H3. The SMILES string of the molecule is COC(=O)c1ccc(N=Cc2cc(N=O)ccc2O)cc1. The summed E-state index contributed by atoms with van der Waals surface area (Å²) in [6.07, 6.45) is 1.41. The van der Waals surface area contributed by atoms with Crippen molar-refractivity contribution in [3.63, 3.8) is 0 Å². The van der Waals surface area contributed by atoms with Gasteiger partial charge < -0.3 is 9.84 Å². The molecule has 0 unspecified atom stereocenters. The van der Waals surface area contributed by atoms with Crippen LogP contribution < -0.4 is 0 Å². The molecule has 21 heavy (non-hydrogen) atoms. The molecule has 6 heteroatoms. The largest absolute Gasteiger partial charge is 0.507 e. The van der Waals surface area contributed by atoms with E-state index >= 15 is 0 Å². The van der Waals surface area contributed by atoms with Gasteiger partial charge in [-0.3, -0.25) is 4.99 Å². The van der Waals surface area contributed by atoms with Gasteiger partial charge in [0.15, 0.2) is 0 Å². The minimum atomic E-state index is -0.423. The van der Waals surface area contributed by atoms with Crippen LogP contribution in [-0.4, -0.2) is 24.4 Å². The van der Waals surface area contributed by atoms with Crippen molar-refractivity contribution in [2.75, 3.05) is 7.11 Å². The third-order valence-corrected chi connectivity index (χ3v) is 2.76. The molecule has 0 aromatic heterocycles. The van der Waals surface area contributed by atoms with Crippen LogP contribution in [0.4, 0.5) is 11.4 Å². The number of esters is 1. The van der Waals surface area contributed by atoms with E-state index in [0.29, 0.717) is 16.8 Å². The number of benzene rings is 2. The lowest BCUT2D eigenvalue weighted by atomic mass is 10.2. The van der Waals surface area contributed by atoms with Gasteiger partial charge in [0.2, 0.25) is 0 Å². The average Bonchev–Trinajstić information content (AvgIpc) is 2.54. The summed E-state index contributed by atoms with van der Waals surface area (Å²) in [4.78, 5) is 25.9. The number of hydrogen-bond donors (Lipinski definition) is 1. The van der Waals surface area contributed by atoms with Crippen LogP contribution in [0.1, 0.15) is 15.9 Å². The molecule has 0 spiro atoms. The first-order valence-corrected chi connectivity index (χ1v) is 6.03. The maximum absolute atomic E-state index is 11.3. The first kappa shape index (κ1) is 14.4. The second-order valence-corrected chi connectivity index (χ2v) is 4.13. The summed E-state index contributed by atoms with van der Waals surface area (Å²) in [6, 6.07) is 10.7. The number of aromatic hydroxyl groups is 1. The number of carbonyl (C=O) groups is 1. The van der Waals surface area contributed by atoms with Crippen LogP contribution in [0.5, 0.6) is 5.75 Å². The third kappa shape index (κ3) is 3.50. The number of phenolic OH excluding ortho intramolecular Hbond substituents is 1. The summed E-state index contributed by atoms with van der Waals surface area (Å²) in [6.45, 7) is 0. The van der Waals surface area contributed by atoms with Crippen LogP contribution in [0.3, 0.4) is 0 Å². The van der Waals surface area contributed by atoms with Crippen LogP contribution in [0.2, 0.25) is 0 Å². The quantitative estimate of drug-likeness (QED) is 0.530. The first-order chi connectivity index (χ1) is 10.1. The number of aliphatic imine (C=N–C) groups is 1. The summed E-state index contributed by atoms with van der Waals surface area (Å²) < 4.78 is 4.60. The van der Waals surface area contributed by atoms with Crippen molar-refractivity contribution >= 4 is 23.6 Å². The van der Waals surface area contributed by atoms with Crippen molar-refractivity contribution < 1.29 is 14.6 Å². The second kappa shape index (κ2) is 6.42. The number of ether oxygens (including phenoxy) is 1. The highest BCUT2D eigenvalue weighted by atomic mass is 16.5. The van der Waals surface area contributed by atoms with E-state index in [1.807, 2.05) is 0 Å². The molecular formula is C15H12N2O4. The molecular weight excluding hydrogens is 272 g/mol. The van der Waals surface area contributed by atoms with Gasteiger partial charge in [-0.2, -0.15) is 0 Å². The Hall–Kier alpha value is -3.02. The van der Waals surface area contributed by atoms with E-state index in [0.717, 1.165) is 0 Å². The summed E-state index contributed by atoms with van der Waals surface area (Å²) in [5.41, 5.74) is 1.59. The predicted molar refractivity (Wildman–Crippen MR) is 78.6 cm³/mol. The molecule has 0 aliphatic rings. The highest BCUT2D eigenvalue weighted by Gasteiger charge is 2.04. The van der Waals surface area contributed by atoms with E-state index < -0.39 is 5.97 Å². The van der Waals surface area contributed by atoms with Crippen molar-refractivity contribution in [1.82, 2.24) is 0 Å². The number of carbonyl (C=O) groups excluding carboxylic acids is 1. The van der Waals surface area contributed by atoms with Crippen molar-refractivity contribution in [2.45, 2.75) is 0 Å². The Morgan fingerprint density at radius 1 is 1.14 bits per heavy atom. The predicted octanol–water partition coefficient (Wildman–Crippen LogP) is 3.33. The van der Waals surface area contributed by atoms with Crippen molar-refractivity contribution in [2.24, 2.45) is 10.2 Å². The maximum Gasteiger partial charge on any atom is 0.337 e. The minimum absolute atomic E-state index is 0.00247. The monoisotopic (exact) mass is 284 g/mol. The summed E-state index contributed by atoms with van der Waals surface area (Å²) in [5, 5.41) is 12.5. The molecule has 0 heterocycles. The molecule has 2 rings (SSSR count). The molecule has 0 aliphatic carbocycles. The van der Waals surface area contributed by atoms with Crippen LogP contribution in [0.15, 0.2) is 52.6 Å². The molecule has 6 nitrogen and oxygen atoms in total. The second-order valence-electron chi connectivity index (χ2n) is 4.13. The Morgan fingerprint density at radius 2 is 1.81 bits per heavy atom. The number of methoxy groups -OCH3 is 1. The molecule has 2 aromatic rings. The zero-order valence-corrected chi connectivity index (χ0v) is 11.2. The van der Waals surface area contributed by atoms with Crippen molar-refractivity contribution in [1.29, 1.82) is 0 Å². The van der Waals surface area contributed by atoms with E-state index in [9.17, 15) is 14.8 Å². The van der Waals surface area contributed by atoms with E-state index in [4.69, 9.17) is 0 Å². The lowest BCUT2D eigenvalue weighted by molar-refractivity contribution is 0.0601. The lowest BCUT2D eigenvalue weighted by Crippen LogP contribution is -1.99. The van der Waals surface area contributed by atoms with Crippen molar-refractivity contribution in [3.8, 4) is 5.75 Å². The van der Waals surface area contributed by atoms with Gasteiger partial charge in [-0.15, -0.1) is 4.91 Å². The number of phenols is 1. The molecule has 0 atom stereocenters. The molecule has 0 amide bonds. The van der Waals surface area contributed by atoms with Gasteiger partial charge in [0.1, 0.15) is 11.4 Å². The number of nitrogens with zero attached hydrogens (tertiary/aromatic N) is 2. The van der Waals surface area contributed by atoms with E-state index in [1.54, 1.807) is 24.3 Å². The summed E-state index contributed by atoms with van der Waals surface area (Å²) in [7, 11) is 1.31. The Morgan fingerprint density at radius 3 is 2.43 bits per heavy atom. The highest BCUT2D eigenvalue weighted by Crippen LogP contribution is 2.22. The Labute approximate surface area is 120 Å². The fourth-order valence-corrected chi connectivity index (χ4v) is 1.65. The highest BCUT2D eigenvalue weighted by molar-refractivity contribution is 5.90. The van der Waals surface area contributed by atoms with Gasteiger partial charge in [-0.1, -0.05) is 0 Å². The van der Waals surface area contributed by atoms with Crippen LogP contribution >= 0.6 is 0 Å². The van der Waals surface area contributed by atoms with Gasteiger partial charge in [0, 0.05) is 11.8 Å². The van der Waals surface area contributed by atoms with Gasteiger partial charge in [-0.05, 0) is 47.6 Å². The smallest absolute Gasteiger partial charge is 0.337 e. The summed E-state index contributed by atoms with van der Waals surface area (Å²) >= 11 is 0. The van der Waals surface area contributed by atoms with Gasteiger partial charge in [-0.25, -0.2) is 4.79 Å². The zero-order chi connectivity index (χ0) is 15.2. The van der Waals surface area contributed by atoms with Gasteiger partial charge in [0.25, 0.3) is 0 Å². The Kier molecular flexibility index (Phi) is 4.40. The molecule has 0 aliphatic heterocycles. The molecule has 0 saturated heterocycles. The molecule has 1 N–H and O–H groups in total. The number of hydrogen-bond acceptors (Lipinski definition) is 6. The lowest BCUT2D eigenvalue weighted by Gasteiger charge is -2.00. The molecule has 0 saturated carbocycles. The van der Waals surface area contributed by atoms with E-state index in [2.05, 4.69) is 14.9 Å². The summed E-state index contributed by atoms with van der Waals surface area (Å²) in [5.74, 6) is -0.426. The fourth-order valence-electron chi connectivity index (χ4n) is 1.65. The van der Waals surface area contributed by atoms with Gasteiger partial charge >= 0.3 is 5.97 Å². The van der Waals surface area contributed by atoms with E-state index in [1.165, 1.54) is 31.5 Å². The Balaban J connectivity index is 2.21. The molecule has 106 valence electrons. The molecule has 0 radical (unpaired) electrons. The normalized spacial score (nSPS) is 10.5. The first-order valence-electron chi connectivity index (χ1n) is 6.03. The maximum atomic E-state index is 11.3. The third-order valence-electron chi connectivity index (χ3n) is 2.76. The number of rotatable bonds is 4. The minimum Gasteiger partial charge on any atom is -0.507 e. The van der Waals surface area contributed by atoms with Crippen LogP contribution in [0.25, 0.3) is 0 Å². The van der Waals surface area contributed by atoms with Crippen molar-refractivity contribution in [3.05, 3.63) is 58.5 Å². The van der Waals surface area contributed by atoms with Crippen LogP contribution in [-0.2, 0) is 4.74 Å². The van der Waals surface area contributed by atoms with Gasteiger partial charge in [0.05, 0.1) is 18.4 Å². The molecule has 0 fully saturated rings. The molecule has 0 bridgehead atoms. The fraction of sp³-hybridized carbons (Fsp3) is 0.0667.